The number of benzene rings is 1. The summed E-state index contributed by atoms with van der Waals surface area (Å²) in [5, 5.41) is 7.91. The van der Waals surface area contributed by atoms with Gasteiger partial charge in [-0.1, -0.05) is 29.8 Å². The fourth-order valence-electron chi connectivity index (χ4n) is 2.93. The highest BCUT2D eigenvalue weighted by Gasteiger charge is 2.05. The number of rotatable bonds is 6. The number of nitrogens with one attached hydrogen (secondary N) is 2. The molecule has 0 saturated carbocycles. The smallest absolute Gasteiger partial charge is 0.191 e. The van der Waals surface area contributed by atoms with Crippen LogP contribution < -0.4 is 10.6 Å². The van der Waals surface area contributed by atoms with E-state index in [2.05, 4.69) is 34.7 Å². The highest BCUT2D eigenvalue weighted by atomic mass is 127. The lowest BCUT2D eigenvalue weighted by atomic mass is 10.1. The Bertz CT molecular complexity index is 755. The van der Waals surface area contributed by atoms with E-state index in [1.165, 1.54) is 11.1 Å². The Morgan fingerprint density at radius 2 is 2.12 bits per heavy atom. The lowest BCUT2D eigenvalue weighted by Gasteiger charge is -2.15. The minimum atomic E-state index is 0. The number of halogens is 1. The van der Waals surface area contributed by atoms with Crippen molar-refractivity contribution in [2.75, 3.05) is 26.3 Å². The van der Waals surface area contributed by atoms with Crippen LogP contribution in [0, 0.1) is 0 Å². The Morgan fingerprint density at radius 1 is 1.23 bits per heavy atom. The lowest BCUT2D eigenvalue weighted by Crippen LogP contribution is -2.38. The predicted molar refractivity (Wildman–Crippen MR) is 118 cm³/mol. The molecule has 1 aromatic carbocycles. The van der Waals surface area contributed by atoms with Crippen molar-refractivity contribution in [2.24, 2.45) is 4.99 Å². The molecule has 3 rings (SSSR count). The van der Waals surface area contributed by atoms with Crippen molar-refractivity contribution in [1.82, 2.24) is 15.6 Å². The Balaban J connectivity index is 0.00000243. The first kappa shape index (κ1) is 20.6. The SMILES string of the molecule is CCNC(=NCc1ccnc2ccccc12)NCCC1=CCOCC1.I. The highest BCUT2D eigenvalue weighted by molar-refractivity contribution is 14.0. The molecule has 140 valence electrons. The van der Waals surface area contributed by atoms with Crippen molar-refractivity contribution in [3.8, 4) is 0 Å². The number of para-hydroxylation sites is 1. The number of aromatic nitrogens is 1. The third kappa shape index (κ3) is 5.95. The van der Waals surface area contributed by atoms with Crippen LogP contribution in [0.4, 0.5) is 0 Å². The van der Waals surface area contributed by atoms with Gasteiger partial charge in [-0.15, -0.1) is 24.0 Å². The van der Waals surface area contributed by atoms with Crippen molar-refractivity contribution < 1.29 is 4.74 Å². The summed E-state index contributed by atoms with van der Waals surface area (Å²) in [6.07, 6.45) is 6.12. The van der Waals surface area contributed by atoms with Crippen LogP contribution in [-0.4, -0.2) is 37.2 Å². The highest BCUT2D eigenvalue weighted by Crippen LogP contribution is 2.16. The van der Waals surface area contributed by atoms with Gasteiger partial charge in [0.1, 0.15) is 0 Å². The van der Waals surface area contributed by atoms with E-state index in [1.54, 1.807) is 0 Å². The van der Waals surface area contributed by atoms with Gasteiger partial charge in [-0.25, -0.2) is 4.99 Å². The number of aliphatic imine (C=N–C) groups is 1. The van der Waals surface area contributed by atoms with E-state index in [0.717, 1.165) is 56.0 Å². The minimum absolute atomic E-state index is 0. The van der Waals surface area contributed by atoms with Crippen molar-refractivity contribution in [2.45, 2.75) is 26.3 Å². The monoisotopic (exact) mass is 466 g/mol. The molecular weight excluding hydrogens is 439 g/mol. The van der Waals surface area contributed by atoms with Crippen LogP contribution in [0.1, 0.15) is 25.3 Å². The van der Waals surface area contributed by atoms with Gasteiger partial charge in [-0.05, 0) is 37.5 Å². The lowest BCUT2D eigenvalue weighted by molar-refractivity contribution is 0.153. The van der Waals surface area contributed by atoms with E-state index in [-0.39, 0.29) is 24.0 Å². The summed E-state index contributed by atoms with van der Waals surface area (Å²) >= 11 is 0. The molecule has 5 nitrogen and oxygen atoms in total. The molecule has 0 saturated heterocycles. The quantitative estimate of drug-likeness (QED) is 0.296. The normalized spacial score (nSPS) is 14.5. The summed E-state index contributed by atoms with van der Waals surface area (Å²) in [6, 6.07) is 10.2. The fourth-order valence-corrected chi connectivity index (χ4v) is 2.93. The molecule has 1 aliphatic heterocycles. The molecule has 0 aliphatic carbocycles. The number of fused-ring (bicyclic) bond motifs is 1. The van der Waals surface area contributed by atoms with Crippen LogP contribution in [0.25, 0.3) is 10.9 Å². The zero-order valence-electron chi connectivity index (χ0n) is 15.2. The zero-order chi connectivity index (χ0) is 17.3. The second-order valence-electron chi connectivity index (χ2n) is 6.05. The summed E-state index contributed by atoms with van der Waals surface area (Å²) < 4.78 is 5.35. The Morgan fingerprint density at radius 3 is 2.92 bits per heavy atom. The first-order chi connectivity index (χ1) is 12.4. The number of nitrogens with zero attached hydrogens (tertiary/aromatic N) is 2. The van der Waals surface area contributed by atoms with E-state index in [4.69, 9.17) is 9.73 Å². The van der Waals surface area contributed by atoms with Gasteiger partial charge in [0.05, 0.1) is 25.3 Å². The van der Waals surface area contributed by atoms with Crippen LogP contribution in [0.5, 0.6) is 0 Å². The maximum absolute atomic E-state index is 5.35. The zero-order valence-corrected chi connectivity index (χ0v) is 17.5. The summed E-state index contributed by atoms with van der Waals surface area (Å²) in [4.78, 5) is 9.15. The predicted octanol–water partition coefficient (Wildman–Crippen LogP) is 3.64. The van der Waals surface area contributed by atoms with E-state index < -0.39 is 0 Å². The van der Waals surface area contributed by atoms with E-state index >= 15 is 0 Å². The number of ether oxygens (including phenoxy) is 1. The molecule has 0 radical (unpaired) electrons. The maximum atomic E-state index is 5.35. The van der Waals surface area contributed by atoms with Gasteiger partial charge in [-0.2, -0.15) is 0 Å². The van der Waals surface area contributed by atoms with Crippen molar-refractivity contribution >= 4 is 40.8 Å². The van der Waals surface area contributed by atoms with Crippen LogP contribution in [0.15, 0.2) is 53.2 Å². The second-order valence-corrected chi connectivity index (χ2v) is 6.05. The first-order valence-corrected chi connectivity index (χ1v) is 8.97. The average Bonchev–Trinajstić information content (AvgIpc) is 2.67. The molecule has 1 aromatic heterocycles. The summed E-state index contributed by atoms with van der Waals surface area (Å²) in [5.41, 5.74) is 3.67. The van der Waals surface area contributed by atoms with Crippen molar-refractivity contribution in [3.05, 3.63) is 53.7 Å². The summed E-state index contributed by atoms with van der Waals surface area (Å²) in [7, 11) is 0. The van der Waals surface area contributed by atoms with Gasteiger partial charge in [0, 0.05) is 24.7 Å². The largest absolute Gasteiger partial charge is 0.377 e. The molecule has 1 aliphatic rings. The van der Waals surface area contributed by atoms with Crippen LogP contribution in [0.2, 0.25) is 0 Å². The molecule has 2 N–H and O–H groups in total. The number of hydrogen-bond donors (Lipinski definition) is 2. The van der Waals surface area contributed by atoms with E-state index in [0.29, 0.717) is 6.54 Å². The standard InChI is InChI=1S/C20H26N4O.HI/c1-2-21-20(23-11-7-16-9-13-25-14-10-16)24-15-17-8-12-22-19-6-4-3-5-18(17)19;/h3-6,8-9,12H,2,7,10-11,13-15H2,1H3,(H2,21,23,24);1H. The molecule has 0 fully saturated rings. The third-order valence-corrected chi connectivity index (χ3v) is 4.29. The van der Waals surface area contributed by atoms with Gasteiger partial charge in [0.25, 0.3) is 0 Å². The topological polar surface area (TPSA) is 58.5 Å². The van der Waals surface area contributed by atoms with Crippen LogP contribution >= 0.6 is 24.0 Å². The Labute approximate surface area is 172 Å². The summed E-state index contributed by atoms with van der Waals surface area (Å²) in [6.45, 7) is 6.04. The molecule has 0 bridgehead atoms. The average molecular weight is 466 g/mol. The fraction of sp³-hybridized carbons (Fsp3) is 0.400. The second kappa shape index (κ2) is 11.1. The number of pyridine rings is 1. The van der Waals surface area contributed by atoms with Gasteiger partial charge < -0.3 is 15.4 Å². The van der Waals surface area contributed by atoms with Gasteiger partial charge >= 0.3 is 0 Å². The van der Waals surface area contributed by atoms with E-state index in [1.807, 2.05) is 30.5 Å². The molecule has 0 spiro atoms. The van der Waals surface area contributed by atoms with Crippen LogP contribution in [-0.2, 0) is 11.3 Å². The van der Waals surface area contributed by atoms with Crippen LogP contribution in [0.3, 0.4) is 0 Å². The molecule has 2 aromatic rings. The minimum Gasteiger partial charge on any atom is -0.377 e. The van der Waals surface area contributed by atoms with Gasteiger partial charge in [0.2, 0.25) is 0 Å². The van der Waals surface area contributed by atoms with Gasteiger partial charge in [-0.3, -0.25) is 4.98 Å². The Kier molecular flexibility index (Phi) is 8.84. The maximum Gasteiger partial charge on any atom is 0.191 e. The van der Waals surface area contributed by atoms with Crippen molar-refractivity contribution in [1.29, 1.82) is 0 Å². The Hall–Kier alpha value is -1.67. The van der Waals surface area contributed by atoms with Gasteiger partial charge in [0.15, 0.2) is 5.96 Å². The molecule has 0 atom stereocenters. The molecule has 26 heavy (non-hydrogen) atoms. The molecular formula is C20H27IN4O. The molecule has 6 heteroatoms. The summed E-state index contributed by atoms with van der Waals surface area (Å²) in [5.74, 6) is 0.857. The molecule has 0 amide bonds. The first-order valence-electron chi connectivity index (χ1n) is 8.97. The van der Waals surface area contributed by atoms with Crippen molar-refractivity contribution in [3.63, 3.8) is 0 Å². The third-order valence-electron chi connectivity index (χ3n) is 4.29. The molecule has 2 heterocycles. The molecule has 0 unspecified atom stereocenters. The van der Waals surface area contributed by atoms with E-state index in [9.17, 15) is 0 Å². The number of hydrogen-bond acceptors (Lipinski definition) is 3. The number of guanidine groups is 1.